The lowest BCUT2D eigenvalue weighted by Crippen LogP contribution is -2.31. The minimum Gasteiger partial charge on any atom is -0.330 e. The zero-order chi connectivity index (χ0) is 11.8. The van der Waals surface area contributed by atoms with E-state index < -0.39 is 0 Å². The first-order valence-corrected chi connectivity index (χ1v) is 7.14. The van der Waals surface area contributed by atoms with Gasteiger partial charge in [0, 0.05) is 6.54 Å². The van der Waals surface area contributed by atoms with Crippen LogP contribution in [-0.2, 0) is 0 Å². The van der Waals surface area contributed by atoms with E-state index in [1.807, 2.05) is 0 Å². The molecule has 1 rings (SSSR count). The molecule has 2 nitrogen and oxygen atoms in total. The fourth-order valence-corrected chi connectivity index (χ4v) is 2.78. The first-order valence-electron chi connectivity index (χ1n) is 7.14. The second-order valence-corrected chi connectivity index (χ2v) is 5.56. The first kappa shape index (κ1) is 14.0. The number of nitrogens with zero attached hydrogens (tertiary/aromatic N) is 1. The second kappa shape index (κ2) is 8.08. The Morgan fingerprint density at radius 1 is 1.25 bits per heavy atom. The number of nitrogens with two attached hydrogens (primary N) is 1. The van der Waals surface area contributed by atoms with Crippen LogP contribution < -0.4 is 5.73 Å². The third kappa shape index (κ3) is 5.31. The highest BCUT2D eigenvalue weighted by Crippen LogP contribution is 2.26. The molecular weight excluding hydrogens is 196 g/mol. The Labute approximate surface area is 102 Å². The summed E-state index contributed by atoms with van der Waals surface area (Å²) in [4.78, 5) is 2.48. The summed E-state index contributed by atoms with van der Waals surface area (Å²) in [6.07, 6.45) is 9.96. The van der Waals surface area contributed by atoms with Crippen molar-refractivity contribution in [1.82, 2.24) is 4.90 Å². The van der Waals surface area contributed by atoms with Gasteiger partial charge in [-0.15, -0.1) is 0 Å². The van der Waals surface area contributed by atoms with E-state index >= 15 is 0 Å². The molecule has 0 aliphatic heterocycles. The Bertz CT molecular complexity index is 160. The van der Waals surface area contributed by atoms with Crippen molar-refractivity contribution in [1.29, 1.82) is 0 Å². The molecular formula is C14H30N2. The molecule has 0 aromatic rings. The Morgan fingerprint density at radius 3 is 2.50 bits per heavy atom. The van der Waals surface area contributed by atoms with Gasteiger partial charge in [-0.2, -0.15) is 0 Å². The topological polar surface area (TPSA) is 29.3 Å². The molecule has 1 saturated carbocycles. The molecule has 0 spiro atoms. The van der Waals surface area contributed by atoms with Crippen molar-refractivity contribution in [2.45, 2.75) is 51.9 Å². The second-order valence-electron chi connectivity index (χ2n) is 5.56. The van der Waals surface area contributed by atoms with E-state index in [1.54, 1.807) is 0 Å². The van der Waals surface area contributed by atoms with Crippen LogP contribution in [-0.4, -0.2) is 31.6 Å². The molecule has 16 heavy (non-hydrogen) atoms. The molecule has 2 heteroatoms. The van der Waals surface area contributed by atoms with Gasteiger partial charge in [0.05, 0.1) is 0 Å². The minimum atomic E-state index is 0.691. The van der Waals surface area contributed by atoms with Crippen LogP contribution in [0.25, 0.3) is 0 Å². The summed E-state index contributed by atoms with van der Waals surface area (Å²) in [6, 6.07) is 0. The highest BCUT2D eigenvalue weighted by Gasteiger charge is 2.14. The Balaban J connectivity index is 2.10. The van der Waals surface area contributed by atoms with Crippen LogP contribution in [0.1, 0.15) is 51.9 Å². The third-order valence-corrected chi connectivity index (χ3v) is 4.12. The summed E-state index contributed by atoms with van der Waals surface area (Å²) in [7, 11) is 2.25. The average Bonchev–Trinajstić information content (AvgIpc) is 2.34. The highest BCUT2D eigenvalue weighted by atomic mass is 15.1. The largest absolute Gasteiger partial charge is 0.330 e. The molecule has 0 aromatic heterocycles. The van der Waals surface area contributed by atoms with Crippen molar-refractivity contribution in [3.8, 4) is 0 Å². The Kier molecular flexibility index (Phi) is 7.06. The lowest BCUT2D eigenvalue weighted by Gasteiger charge is -2.26. The van der Waals surface area contributed by atoms with Crippen molar-refractivity contribution < 1.29 is 0 Å². The molecule has 0 aromatic carbocycles. The summed E-state index contributed by atoms with van der Waals surface area (Å²) in [5.74, 6) is 1.70. The van der Waals surface area contributed by atoms with E-state index in [4.69, 9.17) is 5.73 Å². The maximum Gasteiger partial charge on any atom is 0.00186 e. The Morgan fingerprint density at radius 2 is 1.94 bits per heavy atom. The molecule has 0 heterocycles. The van der Waals surface area contributed by atoms with Gasteiger partial charge in [0.2, 0.25) is 0 Å². The van der Waals surface area contributed by atoms with Gasteiger partial charge >= 0.3 is 0 Å². The van der Waals surface area contributed by atoms with Crippen LogP contribution in [0.3, 0.4) is 0 Å². The van der Waals surface area contributed by atoms with Gasteiger partial charge in [-0.25, -0.2) is 0 Å². The number of hydrogen-bond acceptors (Lipinski definition) is 2. The normalized spacial score (nSPS) is 20.2. The van der Waals surface area contributed by atoms with Crippen LogP contribution >= 0.6 is 0 Å². The molecule has 1 aliphatic rings. The van der Waals surface area contributed by atoms with Crippen LogP contribution in [0.5, 0.6) is 0 Å². The molecule has 96 valence electrons. The van der Waals surface area contributed by atoms with Crippen molar-refractivity contribution in [3.63, 3.8) is 0 Å². The highest BCUT2D eigenvalue weighted by molar-refractivity contribution is 4.69. The third-order valence-electron chi connectivity index (χ3n) is 4.12. The SMILES string of the molecule is CCC(CN)CN(C)CCC1CCCCC1. The lowest BCUT2D eigenvalue weighted by atomic mass is 9.87. The monoisotopic (exact) mass is 226 g/mol. The predicted octanol–water partition coefficient (Wildman–Crippen LogP) is 2.87. The summed E-state index contributed by atoms with van der Waals surface area (Å²) in [5, 5.41) is 0. The first-order chi connectivity index (χ1) is 7.76. The summed E-state index contributed by atoms with van der Waals surface area (Å²) < 4.78 is 0. The standard InChI is InChI=1S/C14H30N2/c1-3-13(11-15)12-16(2)10-9-14-7-5-4-6-8-14/h13-14H,3-12,15H2,1-2H3. The molecule has 1 atom stereocenters. The Hall–Kier alpha value is -0.0800. The van der Waals surface area contributed by atoms with Gasteiger partial charge in [0.15, 0.2) is 0 Å². The summed E-state index contributed by atoms with van der Waals surface area (Å²) in [5.41, 5.74) is 5.74. The van der Waals surface area contributed by atoms with Crippen molar-refractivity contribution in [2.24, 2.45) is 17.6 Å². The molecule has 0 radical (unpaired) electrons. The van der Waals surface area contributed by atoms with E-state index in [2.05, 4.69) is 18.9 Å². The van der Waals surface area contributed by atoms with Crippen LogP contribution in [0.15, 0.2) is 0 Å². The quantitative estimate of drug-likeness (QED) is 0.723. The van der Waals surface area contributed by atoms with E-state index in [0.717, 1.165) is 12.5 Å². The molecule has 1 unspecified atom stereocenters. The van der Waals surface area contributed by atoms with E-state index in [0.29, 0.717) is 5.92 Å². The predicted molar refractivity (Wildman–Crippen MR) is 71.5 cm³/mol. The van der Waals surface area contributed by atoms with Crippen molar-refractivity contribution in [2.75, 3.05) is 26.7 Å². The summed E-state index contributed by atoms with van der Waals surface area (Å²) in [6.45, 7) is 5.53. The molecule has 0 amide bonds. The molecule has 0 saturated heterocycles. The van der Waals surface area contributed by atoms with E-state index in [9.17, 15) is 0 Å². The maximum atomic E-state index is 5.74. The number of hydrogen-bond donors (Lipinski definition) is 1. The lowest BCUT2D eigenvalue weighted by molar-refractivity contribution is 0.236. The fraction of sp³-hybridized carbons (Fsp3) is 1.00. The van der Waals surface area contributed by atoms with E-state index in [1.165, 1.54) is 58.0 Å². The average molecular weight is 226 g/mol. The fourth-order valence-electron chi connectivity index (χ4n) is 2.78. The molecule has 2 N–H and O–H groups in total. The van der Waals surface area contributed by atoms with Crippen LogP contribution in [0.4, 0.5) is 0 Å². The zero-order valence-corrected chi connectivity index (χ0v) is 11.3. The number of rotatable bonds is 7. The van der Waals surface area contributed by atoms with Gasteiger partial charge in [-0.1, -0.05) is 45.4 Å². The maximum absolute atomic E-state index is 5.74. The van der Waals surface area contributed by atoms with Gasteiger partial charge in [-0.3, -0.25) is 0 Å². The van der Waals surface area contributed by atoms with Crippen LogP contribution in [0.2, 0.25) is 0 Å². The van der Waals surface area contributed by atoms with E-state index in [-0.39, 0.29) is 0 Å². The smallest absolute Gasteiger partial charge is 0.00186 e. The van der Waals surface area contributed by atoms with Crippen molar-refractivity contribution >= 4 is 0 Å². The van der Waals surface area contributed by atoms with Gasteiger partial charge in [0.25, 0.3) is 0 Å². The minimum absolute atomic E-state index is 0.691. The van der Waals surface area contributed by atoms with Gasteiger partial charge in [-0.05, 0) is 38.4 Å². The van der Waals surface area contributed by atoms with Crippen molar-refractivity contribution in [3.05, 3.63) is 0 Å². The zero-order valence-electron chi connectivity index (χ0n) is 11.3. The molecule has 0 bridgehead atoms. The molecule has 1 aliphatic carbocycles. The van der Waals surface area contributed by atoms with Gasteiger partial charge in [0.1, 0.15) is 0 Å². The van der Waals surface area contributed by atoms with Crippen LogP contribution in [0, 0.1) is 11.8 Å². The summed E-state index contributed by atoms with van der Waals surface area (Å²) >= 11 is 0. The molecule has 1 fully saturated rings. The van der Waals surface area contributed by atoms with Gasteiger partial charge < -0.3 is 10.6 Å².